The Balaban J connectivity index is 2.65. The minimum absolute atomic E-state index is 0.0152. The SMILES string of the molecule is CCOC(=O)N(CCCC(=O)CCl)c1ccccc1. The summed E-state index contributed by atoms with van der Waals surface area (Å²) in [6, 6.07) is 9.25. The maximum absolute atomic E-state index is 11.9. The summed E-state index contributed by atoms with van der Waals surface area (Å²) >= 11 is 5.44. The van der Waals surface area contributed by atoms with Crippen molar-refractivity contribution in [1.82, 2.24) is 0 Å². The van der Waals surface area contributed by atoms with Gasteiger partial charge in [-0.3, -0.25) is 9.69 Å². The van der Waals surface area contributed by atoms with Crippen LogP contribution >= 0.6 is 11.6 Å². The first-order chi connectivity index (χ1) is 9.19. The molecule has 0 heterocycles. The van der Waals surface area contributed by atoms with Crippen LogP contribution in [0.2, 0.25) is 0 Å². The molecule has 0 saturated carbocycles. The van der Waals surface area contributed by atoms with Crippen LogP contribution in [0.3, 0.4) is 0 Å². The van der Waals surface area contributed by atoms with E-state index in [0.29, 0.717) is 26.0 Å². The molecule has 0 bridgehead atoms. The molecular weight excluding hydrogens is 266 g/mol. The van der Waals surface area contributed by atoms with Crippen LogP contribution in [0.25, 0.3) is 0 Å². The van der Waals surface area contributed by atoms with Gasteiger partial charge in [0.05, 0.1) is 12.5 Å². The Hall–Kier alpha value is -1.55. The Morgan fingerprint density at radius 3 is 2.53 bits per heavy atom. The maximum Gasteiger partial charge on any atom is 0.414 e. The summed E-state index contributed by atoms with van der Waals surface area (Å²) in [5.41, 5.74) is 0.763. The number of alkyl halides is 1. The fourth-order valence-electron chi connectivity index (χ4n) is 1.64. The molecule has 104 valence electrons. The second kappa shape index (κ2) is 8.53. The molecule has 0 N–H and O–H groups in total. The maximum atomic E-state index is 11.9. The molecule has 0 atom stereocenters. The van der Waals surface area contributed by atoms with E-state index in [-0.39, 0.29) is 11.7 Å². The third-order valence-corrected chi connectivity index (χ3v) is 2.84. The quantitative estimate of drug-likeness (QED) is 0.722. The van der Waals surface area contributed by atoms with Crippen LogP contribution in [-0.2, 0) is 9.53 Å². The molecule has 4 nitrogen and oxygen atoms in total. The fraction of sp³-hybridized carbons (Fsp3) is 0.429. The first-order valence-corrected chi connectivity index (χ1v) is 6.79. The van der Waals surface area contributed by atoms with E-state index in [1.165, 1.54) is 4.90 Å². The summed E-state index contributed by atoms with van der Waals surface area (Å²) in [4.78, 5) is 24.6. The largest absolute Gasteiger partial charge is 0.449 e. The van der Waals surface area contributed by atoms with Gasteiger partial charge in [0.25, 0.3) is 0 Å². The number of anilines is 1. The summed E-state index contributed by atoms with van der Waals surface area (Å²) < 4.78 is 5.02. The highest BCUT2D eigenvalue weighted by Crippen LogP contribution is 2.15. The van der Waals surface area contributed by atoms with Gasteiger partial charge in [-0.25, -0.2) is 4.79 Å². The van der Waals surface area contributed by atoms with Gasteiger partial charge < -0.3 is 4.74 Å². The van der Waals surface area contributed by atoms with Gasteiger partial charge in [0, 0.05) is 18.7 Å². The van der Waals surface area contributed by atoms with Crippen molar-refractivity contribution in [3.8, 4) is 0 Å². The number of hydrogen-bond donors (Lipinski definition) is 0. The molecule has 0 radical (unpaired) electrons. The van der Waals surface area contributed by atoms with Crippen LogP contribution in [0, 0.1) is 0 Å². The van der Waals surface area contributed by atoms with Gasteiger partial charge in [0.2, 0.25) is 0 Å². The highest BCUT2D eigenvalue weighted by atomic mass is 35.5. The lowest BCUT2D eigenvalue weighted by molar-refractivity contribution is -0.116. The molecule has 5 heteroatoms. The van der Waals surface area contributed by atoms with E-state index in [4.69, 9.17) is 16.3 Å². The summed E-state index contributed by atoms with van der Waals surface area (Å²) in [6.45, 7) is 2.52. The smallest absolute Gasteiger partial charge is 0.414 e. The van der Waals surface area contributed by atoms with Crippen molar-refractivity contribution in [3.63, 3.8) is 0 Å². The number of benzene rings is 1. The zero-order chi connectivity index (χ0) is 14.1. The standard InChI is InChI=1S/C14H18ClNO3/c1-2-19-14(18)16(10-6-9-13(17)11-15)12-7-4-3-5-8-12/h3-5,7-8H,2,6,9-11H2,1H3. The van der Waals surface area contributed by atoms with Crippen molar-refractivity contribution in [1.29, 1.82) is 0 Å². The highest BCUT2D eigenvalue weighted by molar-refractivity contribution is 6.27. The number of halogens is 1. The van der Waals surface area contributed by atoms with E-state index in [0.717, 1.165) is 5.69 Å². The fourth-order valence-corrected chi connectivity index (χ4v) is 1.77. The minimum Gasteiger partial charge on any atom is -0.449 e. The Morgan fingerprint density at radius 2 is 1.95 bits per heavy atom. The van der Waals surface area contributed by atoms with Crippen molar-refractivity contribution in [2.75, 3.05) is 23.9 Å². The Kier molecular flexibility index (Phi) is 6.97. The van der Waals surface area contributed by atoms with E-state index in [9.17, 15) is 9.59 Å². The third kappa shape index (κ3) is 5.30. The van der Waals surface area contributed by atoms with Crippen LogP contribution in [0.4, 0.5) is 10.5 Å². The number of rotatable bonds is 7. The predicted octanol–water partition coefficient (Wildman–Crippen LogP) is 3.24. The van der Waals surface area contributed by atoms with Crippen molar-refractivity contribution in [2.45, 2.75) is 19.8 Å². The first kappa shape index (κ1) is 15.5. The number of nitrogens with zero attached hydrogens (tertiary/aromatic N) is 1. The molecule has 0 aliphatic heterocycles. The predicted molar refractivity (Wildman–Crippen MR) is 75.8 cm³/mol. The second-order valence-corrected chi connectivity index (χ2v) is 4.23. The van der Waals surface area contributed by atoms with Crippen molar-refractivity contribution in [3.05, 3.63) is 30.3 Å². The monoisotopic (exact) mass is 283 g/mol. The molecule has 1 amide bonds. The van der Waals surface area contributed by atoms with Crippen molar-refractivity contribution in [2.24, 2.45) is 0 Å². The molecule has 0 aliphatic rings. The van der Waals surface area contributed by atoms with Gasteiger partial charge in [-0.15, -0.1) is 11.6 Å². The molecule has 1 rings (SSSR count). The lowest BCUT2D eigenvalue weighted by Gasteiger charge is -2.21. The number of Topliss-reactive ketones (excluding diaryl/α,β-unsaturated/α-hetero) is 1. The Bertz CT molecular complexity index is 408. The molecule has 1 aromatic rings. The number of hydrogen-bond acceptors (Lipinski definition) is 3. The number of amides is 1. The molecule has 1 aromatic carbocycles. The molecule has 0 fully saturated rings. The molecule has 0 aromatic heterocycles. The number of ether oxygens (including phenoxy) is 1. The molecule has 0 aliphatic carbocycles. The van der Waals surface area contributed by atoms with Crippen molar-refractivity contribution >= 4 is 29.2 Å². The number of para-hydroxylation sites is 1. The van der Waals surface area contributed by atoms with Crippen LogP contribution < -0.4 is 4.90 Å². The summed E-state index contributed by atoms with van der Waals surface area (Å²) in [6.07, 6.45) is 0.540. The van der Waals surface area contributed by atoms with E-state index >= 15 is 0 Å². The first-order valence-electron chi connectivity index (χ1n) is 6.26. The van der Waals surface area contributed by atoms with Crippen LogP contribution in [0.15, 0.2) is 30.3 Å². The van der Waals surface area contributed by atoms with Crippen LogP contribution in [-0.4, -0.2) is 30.9 Å². The van der Waals surface area contributed by atoms with Crippen LogP contribution in [0.5, 0.6) is 0 Å². The summed E-state index contributed by atoms with van der Waals surface area (Å²) in [5.74, 6) is 0.00335. The number of carbonyl (C=O) groups is 2. The summed E-state index contributed by atoms with van der Waals surface area (Å²) in [7, 11) is 0. The molecule has 19 heavy (non-hydrogen) atoms. The zero-order valence-electron chi connectivity index (χ0n) is 11.0. The van der Waals surface area contributed by atoms with Gasteiger partial charge in [-0.2, -0.15) is 0 Å². The van der Waals surface area contributed by atoms with Gasteiger partial charge in [0.1, 0.15) is 5.78 Å². The average molecular weight is 284 g/mol. The van der Waals surface area contributed by atoms with Crippen molar-refractivity contribution < 1.29 is 14.3 Å². The highest BCUT2D eigenvalue weighted by Gasteiger charge is 2.16. The Labute approximate surface area is 118 Å². The van der Waals surface area contributed by atoms with E-state index in [2.05, 4.69) is 0 Å². The van der Waals surface area contributed by atoms with Crippen LogP contribution in [0.1, 0.15) is 19.8 Å². The number of ketones is 1. The zero-order valence-corrected chi connectivity index (χ0v) is 11.7. The van der Waals surface area contributed by atoms with E-state index < -0.39 is 6.09 Å². The average Bonchev–Trinajstić information content (AvgIpc) is 2.44. The Morgan fingerprint density at radius 1 is 1.26 bits per heavy atom. The molecule has 0 saturated heterocycles. The number of carbonyl (C=O) groups excluding carboxylic acids is 2. The van der Waals surface area contributed by atoms with E-state index in [1.807, 2.05) is 30.3 Å². The molecule has 0 spiro atoms. The lowest BCUT2D eigenvalue weighted by Crippen LogP contribution is -2.32. The van der Waals surface area contributed by atoms with E-state index in [1.54, 1.807) is 6.92 Å². The topological polar surface area (TPSA) is 46.6 Å². The van der Waals surface area contributed by atoms with Gasteiger partial charge in [-0.1, -0.05) is 18.2 Å². The van der Waals surface area contributed by atoms with Gasteiger partial charge in [-0.05, 0) is 25.5 Å². The lowest BCUT2D eigenvalue weighted by atomic mass is 10.2. The molecule has 0 unspecified atom stereocenters. The minimum atomic E-state index is -0.396. The summed E-state index contributed by atoms with van der Waals surface area (Å²) in [5, 5.41) is 0. The second-order valence-electron chi connectivity index (χ2n) is 3.96. The van der Waals surface area contributed by atoms with Gasteiger partial charge >= 0.3 is 6.09 Å². The third-order valence-electron chi connectivity index (χ3n) is 2.54. The normalized spacial score (nSPS) is 10.0. The molecular formula is C14H18ClNO3. The van der Waals surface area contributed by atoms with Gasteiger partial charge in [0.15, 0.2) is 0 Å².